The summed E-state index contributed by atoms with van der Waals surface area (Å²) in [6.07, 6.45) is 0.524. The maximum Gasteiger partial charge on any atom is 0.419 e. The summed E-state index contributed by atoms with van der Waals surface area (Å²) in [5.74, 6) is 0.224. The number of fused-ring (bicyclic) bond motifs is 2. The van der Waals surface area contributed by atoms with Gasteiger partial charge in [-0.1, -0.05) is 15.9 Å². The third kappa shape index (κ3) is 3.06. The zero-order chi connectivity index (χ0) is 18.5. The van der Waals surface area contributed by atoms with E-state index in [4.69, 9.17) is 9.15 Å². The van der Waals surface area contributed by atoms with Crippen LogP contribution >= 0.6 is 15.9 Å². The Kier molecular flexibility index (Phi) is 4.17. The van der Waals surface area contributed by atoms with Gasteiger partial charge in [0.15, 0.2) is 5.58 Å². The lowest BCUT2D eigenvalue weighted by Crippen LogP contribution is -2.42. The van der Waals surface area contributed by atoms with Gasteiger partial charge in [0.2, 0.25) is 10.0 Å². The molecule has 1 N–H and O–H groups in total. The van der Waals surface area contributed by atoms with E-state index in [1.807, 2.05) is 18.2 Å². The fraction of sp³-hybridized carbons (Fsp3) is 0.235. The van der Waals surface area contributed by atoms with Crippen molar-refractivity contribution < 1.29 is 17.6 Å². The lowest BCUT2D eigenvalue weighted by molar-refractivity contribution is 0.254. The van der Waals surface area contributed by atoms with E-state index in [1.165, 1.54) is 16.7 Å². The summed E-state index contributed by atoms with van der Waals surface area (Å²) in [4.78, 5) is 11.6. The van der Waals surface area contributed by atoms with Crippen LogP contribution in [-0.4, -0.2) is 25.6 Å². The van der Waals surface area contributed by atoms with E-state index in [0.717, 1.165) is 15.8 Å². The Morgan fingerprint density at radius 2 is 2.04 bits per heavy atom. The predicted octanol–water partition coefficient (Wildman–Crippen LogP) is 2.18. The van der Waals surface area contributed by atoms with Gasteiger partial charge in [0.1, 0.15) is 12.4 Å². The van der Waals surface area contributed by atoms with Gasteiger partial charge in [-0.2, -0.15) is 0 Å². The number of nitrogens with zero attached hydrogens (tertiary/aromatic N) is 1. The minimum Gasteiger partial charge on any atom is -0.492 e. The number of oxazole rings is 1. The van der Waals surface area contributed by atoms with E-state index in [2.05, 4.69) is 20.7 Å². The standard InChI is InChI=1S/C17H15BrN2O5S/c1-20-14-4-3-13(8-16(14)25-17(20)21)26(22,23)19-12-7-10-6-11(18)2-5-15(10)24-9-12/h2-6,8,12,19H,7,9H2,1H3/t12-/m0/s1. The minimum atomic E-state index is -3.78. The fourth-order valence-corrected chi connectivity index (χ4v) is 4.65. The van der Waals surface area contributed by atoms with Crippen LogP contribution in [0.5, 0.6) is 5.75 Å². The monoisotopic (exact) mass is 438 g/mol. The maximum absolute atomic E-state index is 12.7. The Bertz CT molecular complexity index is 1170. The van der Waals surface area contributed by atoms with Crippen LogP contribution in [0, 0.1) is 0 Å². The van der Waals surface area contributed by atoms with E-state index >= 15 is 0 Å². The van der Waals surface area contributed by atoms with Crippen LogP contribution in [0.2, 0.25) is 0 Å². The number of aromatic nitrogens is 1. The Hall–Kier alpha value is -2.10. The molecule has 2 heterocycles. The zero-order valence-electron chi connectivity index (χ0n) is 13.7. The average molecular weight is 439 g/mol. The molecule has 1 atom stereocenters. The molecule has 4 rings (SSSR count). The number of halogens is 1. The fourth-order valence-electron chi connectivity index (χ4n) is 3.01. The number of aryl methyl sites for hydroxylation is 1. The van der Waals surface area contributed by atoms with Crippen molar-refractivity contribution in [3.05, 3.63) is 57.0 Å². The van der Waals surface area contributed by atoms with Gasteiger partial charge in [-0.15, -0.1) is 0 Å². The van der Waals surface area contributed by atoms with Crippen LogP contribution < -0.4 is 15.2 Å². The lowest BCUT2D eigenvalue weighted by atomic mass is 10.0. The number of sulfonamides is 1. The summed E-state index contributed by atoms with van der Waals surface area (Å²) in [6.45, 7) is 0.247. The number of benzene rings is 2. The molecule has 0 unspecified atom stereocenters. The quantitative estimate of drug-likeness (QED) is 0.676. The van der Waals surface area contributed by atoms with Crippen molar-refractivity contribution in [1.82, 2.24) is 9.29 Å². The molecule has 1 aromatic heterocycles. The molecule has 1 aliphatic heterocycles. The number of hydrogen-bond donors (Lipinski definition) is 1. The summed E-state index contributed by atoms with van der Waals surface area (Å²) in [5, 5.41) is 0. The Morgan fingerprint density at radius 1 is 1.23 bits per heavy atom. The van der Waals surface area contributed by atoms with Gasteiger partial charge in [0, 0.05) is 17.6 Å². The van der Waals surface area contributed by atoms with Crippen molar-refractivity contribution in [2.45, 2.75) is 17.4 Å². The number of nitrogens with one attached hydrogen (secondary N) is 1. The molecule has 26 heavy (non-hydrogen) atoms. The SMILES string of the molecule is Cn1c(=O)oc2cc(S(=O)(=O)N[C@@H]3COc4ccc(Br)cc4C3)ccc21. The summed E-state index contributed by atoms with van der Waals surface area (Å²) < 4.78 is 41.0. The van der Waals surface area contributed by atoms with Crippen LogP contribution in [0.1, 0.15) is 5.56 Å². The van der Waals surface area contributed by atoms with E-state index in [1.54, 1.807) is 13.1 Å². The second-order valence-corrected chi connectivity index (χ2v) is 8.77. The molecule has 0 fully saturated rings. The summed E-state index contributed by atoms with van der Waals surface area (Å²) in [7, 11) is -2.22. The second-order valence-electron chi connectivity index (χ2n) is 6.14. The molecule has 3 aromatic rings. The van der Waals surface area contributed by atoms with Gasteiger partial charge >= 0.3 is 5.76 Å². The largest absolute Gasteiger partial charge is 0.492 e. The molecule has 0 aliphatic carbocycles. The predicted molar refractivity (Wildman–Crippen MR) is 98.9 cm³/mol. The first kappa shape index (κ1) is 17.3. The maximum atomic E-state index is 12.7. The highest BCUT2D eigenvalue weighted by atomic mass is 79.9. The summed E-state index contributed by atoms with van der Waals surface area (Å²) in [6, 6.07) is 9.63. The van der Waals surface area contributed by atoms with E-state index < -0.39 is 15.8 Å². The third-order valence-electron chi connectivity index (χ3n) is 4.32. The van der Waals surface area contributed by atoms with Gasteiger partial charge < -0.3 is 9.15 Å². The van der Waals surface area contributed by atoms with Crippen molar-refractivity contribution in [1.29, 1.82) is 0 Å². The molecule has 0 saturated carbocycles. The molecule has 136 valence electrons. The van der Waals surface area contributed by atoms with E-state index in [0.29, 0.717) is 11.9 Å². The van der Waals surface area contributed by atoms with Gasteiger partial charge in [0.25, 0.3) is 0 Å². The normalized spacial score (nSPS) is 17.1. The first-order valence-electron chi connectivity index (χ1n) is 7.86. The highest BCUT2D eigenvalue weighted by molar-refractivity contribution is 9.10. The van der Waals surface area contributed by atoms with Crippen molar-refractivity contribution in [3.63, 3.8) is 0 Å². The minimum absolute atomic E-state index is 0.0411. The van der Waals surface area contributed by atoms with Gasteiger partial charge in [0.05, 0.1) is 16.5 Å². The molecule has 1 aliphatic rings. The molecule has 0 bridgehead atoms. The first-order chi connectivity index (χ1) is 12.3. The smallest absolute Gasteiger partial charge is 0.419 e. The molecule has 0 radical (unpaired) electrons. The summed E-state index contributed by atoms with van der Waals surface area (Å²) >= 11 is 3.41. The van der Waals surface area contributed by atoms with Crippen molar-refractivity contribution in [2.24, 2.45) is 7.05 Å². The number of rotatable bonds is 3. The molecule has 0 saturated heterocycles. The van der Waals surface area contributed by atoms with Gasteiger partial charge in [-0.05, 0) is 42.3 Å². The topological polar surface area (TPSA) is 90.5 Å². The lowest BCUT2D eigenvalue weighted by Gasteiger charge is -2.26. The third-order valence-corrected chi connectivity index (χ3v) is 6.34. The van der Waals surface area contributed by atoms with E-state index in [-0.39, 0.29) is 23.1 Å². The van der Waals surface area contributed by atoms with Crippen LogP contribution in [0.4, 0.5) is 0 Å². The van der Waals surface area contributed by atoms with Gasteiger partial charge in [-0.25, -0.2) is 17.9 Å². The first-order valence-corrected chi connectivity index (χ1v) is 10.1. The number of hydrogen-bond acceptors (Lipinski definition) is 5. The van der Waals surface area contributed by atoms with E-state index in [9.17, 15) is 13.2 Å². The highest BCUT2D eigenvalue weighted by Gasteiger charge is 2.26. The van der Waals surface area contributed by atoms with Crippen molar-refractivity contribution in [2.75, 3.05) is 6.61 Å². The average Bonchev–Trinajstić information content (AvgIpc) is 2.88. The molecular formula is C17H15BrN2O5S. The molecular weight excluding hydrogens is 424 g/mol. The molecule has 0 spiro atoms. The molecule has 7 nitrogen and oxygen atoms in total. The summed E-state index contributed by atoms with van der Waals surface area (Å²) in [5.41, 5.74) is 1.70. The van der Waals surface area contributed by atoms with Crippen LogP contribution in [0.25, 0.3) is 11.1 Å². The zero-order valence-corrected chi connectivity index (χ0v) is 16.1. The second kappa shape index (κ2) is 6.26. The van der Waals surface area contributed by atoms with Crippen molar-refractivity contribution in [3.8, 4) is 5.75 Å². The van der Waals surface area contributed by atoms with Gasteiger partial charge in [-0.3, -0.25) is 4.57 Å². The molecule has 2 aromatic carbocycles. The Labute approximate surface area is 157 Å². The Balaban J connectivity index is 1.60. The van der Waals surface area contributed by atoms with Crippen LogP contribution in [0.3, 0.4) is 0 Å². The number of ether oxygens (including phenoxy) is 1. The van der Waals surface area contributed by atoms with Crippen LogP contribution in [0.15, 0.2) is 55.0 Å². The Morgan fingerprint density at radius 3 is 2.85 bits per heavy atom. The molecule has 0 amide bonds. The highest BCUT2D eigenvalue weighted by Crippen LogP contribution is 2.28. The van der Waals surface area contributed by atoms with Crippen LogP contribution in [-0.2, 0) is 23.5 Å². The van der Waals surface area contributed by atoms with Crippen molar-refractivity contribution >= 4 is 37.1 Å². The molecule has 9 heteroatoms.